The largest absolute Gasteiger partial charge is 0.465 e. The Morgan fingerprint density at radius 2 is 1.95 bits per heavy atom. The predicted octanol–water partition coefficient (Wildman–Crippen LogP) is 4.31. The first-order valence-electron chi connectivity index (χ1n) is 6.70. The molecule has 2 rings (SSSR count). The second-order valence-electron chi connectivity index (χ2n) is 5.09. The molecule has 1 heterocycles. The zero-order valence-corrected chi connectivity index (χ0v) is 14.2. The highest BCUT2D eigenvalue weighted by molar-refractivity contribution is 6.42. The summed E-state index contributed by atoms with van der Waals surface area (Å²) in [4.78, 5) is 13.6. The van der Waals surface area contributed by atoms with E-state index in [1.807, 2.05) is 19.2 Å². The van der Waals surface area contributed by atoms with Crippen molar-refractivity contribution >= 4 is 29.2 Å². The van der Waals surface area contributed by atoms with Crippen LogP contribution >= 0.6 is 23.2 Å². The van der Waals surface area contributed by atoms with Gasteiger partial charge in [-0.3, -0.25) is 4.90 Å². The Kier molecular flexibility index (Phi) is 5.51. The first-order chi connectivity index (χ1) is 10.4. The molecular formula is C16H17Cl2NO3. The van der Waals surface area contributed by atoms with Gasteiger partial charge in [-0.2, -0.15) is 0 Å². The van der Waals surface area contributed by atoms with E-state index in [0.717, 1.165) is 5.56 Å². The number of carbonyl (C=O) groups excluding carboxylic acids is 1. The molecule has 6 heteroatoms. The minimum absolute atomic E-state index is 0.389. The molecule has 0 unspecified atom stereocenters. The first-order valence-corrected chi connectivity index (χ1v) is 7.46. The molecule has 0 saturated carbocycles. The van der Waals surface area contributed by atoms with Gasteiger partial charge in [0.05, 0.1) is 23.7 Å². The van der Waals surface area contributed by atoms with Crippen molar-refractivity contribution in [2.24, 2.45) is 0 Å². The van der Waals surface area contributed by atoms with Gasteiger partial charge in [0.1, 0.15) is 17.1 Å². The number of hydrogen-bond donors (Lipinski definition) is 0. The molecule has 0 amide bonds. The molecule has 0 fully saturated rings. The molecule has 0 saturated heterocycles. The van der Waals surface area contributed by atoms with Gasteiger partial charge < -0.3 is 9.15 Å². The Bertz CT molecular complexity index is 682. The van der Waals surface area contributed by atoms with Gasteiger partial charge in [-0.15, -0.1) is 0 Å². The molecule has 1 aromatic heterocycles. The fraction of sp³-hybridized carbons (Fsp3) is 0.312. The Balaban J connectivity index is 2.04. The predicted molar refractivity (Wildman–Crippen MR) is 86.4 cm³/mol. The van der Waals surface area contributed by atoms with Gasteiger partial charge in [0.25, 0.3) is 0 Å². The number of esters is 1. The number of halogens is 2. The van der Waals surface area contributed by atoms with Crippen LogP contribution in [0.5, 0.6) is 0 Å². The van der Waals surface area contributed by atoms with E-state index in [0.29, 0.717) is 40.2 Å². The lowest BCUT2D eigenvalue weighted by Gasteiger charge is -2.15. The van der Waals surface area contributed by atoms with Crippen LogP contribution in [0.15, 0.2) is 28.7 Å². The van der Waals surface area contributed by atoms with Crippen LogP contribution in [0.2, 0.25) is 10.0 Å². The number of carbonyl (C=O) groups is 1. The van der Waals surface area contributed by atoms with E-state index in [4.69, 9.17) is 32.4 Å². The highest BCUT2D eigenvalue weighted by Gasteiger charge is 2.16. The second kappa shape index (κ2) is 7.18. The number of nitrogens with zero attached hydrogens (tertiary/aromatic N) is 1. The van der Waals surface area contributed by atoms with Crippen LogP contribution in [0.1, 0.15) is 27.4 Å². The van der Waals surface area contributed by atoms with Crippen molar-refractivity contribution in [1.82, 2.24) is 4.90 Å². The van der Waals surface area contributed by atoms with Crippen molar-refractivity contribution in [3.05, 3.63) is 57.0 Å². The van der Waals surface area contributed by atoms with E-state index in [1.54, 1.807) is 19.1 Å². The molecule has 0 atom stereocenters. The van der Waals surface area contributed by atoms with Gasteiger partial charge in [-0.05, 0) is 37.7 Å². The minimum atomic E-state index is -0.389. The summed E-state index contributed by atoms with van der Waals surface area (Å²) < 4.78 is 10.3. The zero-order chi connectivity index (χ0) is 16.3. The van der Waals surface area contributed by atoms with E-state index in [-0.39, 0.29) is 5.97 Å². The number of rotatable bonds is 5. The maximum atomic E-state index is 11.6. The third kappa shape index (κ3) is 4.03. The van der Waals surface area contributed by atoms with Crippen LogP contribution in [0.4, 0.5) is 0 Å². The minimum Gasteiger partial charge on any atom is -0.465 e. The SMILES string of the molecule is COC(=O)c1cc(CN(C)Cc2ccc(Cl)c(Cl)c2)oc1C. The van der Waals surface area contributed by atoms with Crippen LogP contribution in [0, 0.1) is 6.92 Å². The van der Waals surface area contributed by atoms with E-state index >= 15 is 0 Å². The maximum Gasteiger partial charge on any atom is 0.341 e. The Morgan fingerprint density at radius 3 is 2.59 bits per heavy atom. The van der Waals surface area contributed by atoms with Crippen LogP contribution < -0.4 is 0 Å². The number of ether oxygens (including phenoxy) is 1. The molecule has 0 N–H and O–H groups in total. The summed E-state index contributed by atoms with van der Waals surface area (Å²) in [5, 5.41) is 1.08. The molecule has 0 aliphatic rings. The third-order valence-electron chi connectivity index (χ3n) is 3.24. The summed E-state index contributed by atoms with van der Waals surface area (Å²) in [6.45, 7) is 3.00. The molecule has 1 aromatic carbocycles. The van der Waals surface area contributed by atoms with Crippen LogP contribution in [0.25, 0.3) is 0 Å². The quantitative estimate of drug-likeness (QED) is 0.760. The molecule has 2 aromatic rings. The lowest BCUT2D eigenvalue weighted by atomic mass is 10.2. The Hall–Kier alpha value is -1.49. The van der Waals surface area contributed by atoms with E-state index < -0.39 is 0 Å². The van der Waals surface area contributed by atoms with Gasteiger partial charge >= 0.3 is 5.97 Å². The Labute approximate surface area is 139 Å². The van der Waals surface area contributed by atoms with Crippen molar-refractivity contribution in [1.29, 1.82) is 0 Å². The van der Waals surface area contributed by atoms with E-state index in [1.165, 1.54) is 7.11 Å². The van der Waals surface area contributed by atoms with Crippen molar-refractivity contribution in [2.45, 2.75) is 20.0 Å². The molecule has 0 aliphatic carbocycles. The summed E-state index contributed by atoms with van der Waals surface area (Å²) in [6.07, 6.45) is 0. The number of hydrogen-bond acceptors (Lipinski definition) is 4. The molecule has 4 nitrogen and oxygen atoms in total. The van der Waals surface area contributed by atoms with E-state index in [9.17, 15) is 4.79 Å². The summed E-state index contributed by atoms with van der Waals surface area (Å²) in [7, 11) is 3.31. The monoisotopic (exact) mass is 341 g/mol. The molecule has 0 spiro atoms. The van der Waals surface area contributed by atoms with Crippen LogP contribution in [-0.4, -0.2) is 25.0 Å². The number of benzene rings is 1. The molecule has 0 aliphatic heterocycles. The number of methoxy groups -OCH3 is 1. The number of aryl methyl sites for hydroxylation is 1. The fourth-order valence-corrected chi connectivity index (χ4v) is 2.53. The average Bonchev–Trinajstić information content (AvgIpc) is 2.82. The topological polar surface area (TPSA) is 42.7 Å². The van der Waals surface area contributed by atoms with Gasteiger partial charge in [0.2, 0.25) is 0 Å². The fourth-order valence-electron chi connectivity index (χ4n) is 2.21. The van der Waals surface area contributed by atoms with Crippen molar-refractivity contribution < 1.29 is 13.9 Å². The normalized spacial score (nSPS) is 11.0. The average molecular weight is 342 g/mol. The van der Waals surface area contributed by atoms with Crippen molar-refractivity contribution in [3.63, 3.8) is 0 Å². The Morgan fingerprint density at radius 1 is 1.23 bits per heavy atom. The van der Waals surface area contributed by atoms with E-state index in [2.05, 4.69) is 4.90 Å². The summed E-state index contributed by atoms with van der Waals surface area (Å²) in [5.74, 6) is 0.880. The zero-order valence-electron chi connectivity index (χ0n) is 12.7. The van der Waals surface area contributed by atoms with Crippen molar-refractivity contribution in [3.8, 4) is 0 Å². The van der Waals surface area contributed by atoms with Gasteiger partial charge in [-0.1, -0.05) is 29.3 Å². The first kappa shape index (κ1) is 16.9. The lowest BCUT2D eigenvalue weighted by Crippen LogP contribution is -2.16. The highest BCUT2D eigenvalue weighted by Crippen LogP contribution is 2.23. The van der Waals surface area contributed by atoms with Gasteiger partial charge in [-0.25, -0.2) is 4.79 Å². The molecular weight excluding hydrogens is 325 g/mol. The smallest absolute Gasteiger partial charge is 0.341 e. The summed E-state index contributed by atoms with van der Waals surface area (Å²) >= 11 is 11.9. The molecule has 0 radical (unpaired) electrons. The molecule has 0 bridgehead atoms. The molecule has 22 heavy (non-hydrogen) atoms. The highest BCUT2D eigenvalue weighted by atomic mass is 35.5. The van der Waals surface area contributed by atoms with Crippen LogP contribution in [-0.2, 0) is 17.8 Å². The summed E-state index contributed by atoms with van der Waals surface area (Å²) in [5.41, 5.74) is 1.51. The maximum absolute atomic E-state index is 11.6. The standard InChI is InChI=1S/C16H17Cl2NO3/c1-10-13(16(20)21-3)7-12(22-10)9-19(2)8-11-4-5-14(17)15(18)6-11/h4-7H,8-9H2,1-3H3. The summed E-state index contributed by atoms with van der Waals surface area (Å²) in [6, 6.07) is 7.26. The van der Waals surface area contributed by atoms with Gasteiger partial charge in [0.15, 0.2) is 0 Å². The van der Waals surface area contributed by atoms with Crippen LogP contribution in [0.3, 0.4) is 0 Å². The van der Waals surface area contributed by atoms with Gasteiger partial charge in [0, 0.05) is 6.54 Å². The molecule has 118 valence electrons. The third-order valence-corrected chi connectivity index (χ3v) is 3.98. The number of furan rings is 1. The lowest BCUT2D eigenvalue weighted by molar-refractivity contribution is 0.0599. The second-order valence-corrected chi connectivity index (χ2v) is 5.91. The van der Waals surface area contributed by atoms with Crippen molar-refractivity contribution in [2.75, 3.05) is 14.2 Å².